The normalized spacial score (nSPS) is 28.0. The fourth-order valence-corrected chi connectivity index (χ4v) is 3.47. The number of rotatable bonds is 5. The van der Waals surface area contributed by atoms with Gasteiger partial charge in [0.1, 0.15) is 0 Å². The van der Waals surface area contributed by atoms with Crippen LogP contribution in [0.5, 0.6) is 0 Å². The fraction of sp³-hybridized carbons (Fsp3) is 0.867. The van der Waals surface area contributed by atoms with Crippen molar-refractivity contribution in [3.8, 4) is 0 Å². The van der Waals surface area contributed by atoms with Crippen molar-refractivity contribution in [2.24, 2.45) is 0 Å². The van der Waals surface area contributed by atoms with E-state index in [0.29, 0.717) is 24.7 Å². The summed E-state index contributed by atoms with van der Waals surface area (Å²) in [6, 6.07) is 1.29. The first-order chi connectivity index (χ1) is 9.97. The summed E-state index contributed by atoms with van der Waals surface area (Å²) >= 11 is 0. The molecule has 2 bridgehead atoms. The highest BCUT2D eigenvalue weighted by Crippen LogP contribution is 2.29. The monoisotopic (exact) mass is 296 g/mol. The van der Waals surface area contributed by atoms with E-state index >= 15 is 0 Å². The Labute approximate surface area is 127 Å². The van der Waals surface area contributed by atoms with Gasteiger partial charge in [0.2, 0.25) is 5.91 Å². The highest BCUT2D eigenvalue weighted by atomic mass is 16.2. The summed E-state index contributed by atoms with van der Waals surface area (Å²) in [5.41, 5.74) is 0. The minimum absolute atomic E-state index is 0.0279. The van der Waals surface area contributed by atoms with Crippen LogP contribution >= 0.6 is 0 Å². The van der Waals surface area contributed by atoms with Crippen LogP contribution in [0.4, 0.5) is 4.79 Å². The quantitative estimate of drug-likeness (QED) is 0.702. The van der Waals surface area contributed by atoms with Crippen molar-refractivity contribution in [1.82, 2.24) is 20.9 Å². The smallest absolute Gasteiger partial charge is 0.321 e. The van der Waals surface area contributed by atoms with Gasteiger partial charge in [0.15, 0.2) is 0 Å². The summed E-state index contributed by atoms with van der Waals surface area (Å²) in [5.74, 6) is -0.221. The second-order valence-electron chi connectivity index (χ2n) is 6.50. The van der Waals surface area contributed by atoms with Gasteiger partial charge in [0.25, 0.3) is 0 Å². The molecule has 0 aromatic rings. The molecule has 0 saturated carbocycles. The third-order valence-corrected chi connectivity index (χ3v) is 4.39. The average molecular weight is 296 g/mol. The SMILES string of the molecule is CCN(CC(=O)NC(=O)NC(C)C)C1CC2CCC(C1)N2. The number of nitrogens with one attached hydrogen (secondary N) is 3. The average Bonchev–Trinajstić information content (AvgIpc) is 2.73. The highest BCUT2D eigenvalue weighted by Gasteiger charge is 2.36. The number of nitrogens with zero attached hydrogens (tertiary/aromatic N) is 1. The maximum Gasteiger partial charge on any atom is 0.321 e. The van der Waals surface area contributed by atoms with Crippen LogP contribution in [0, 0.1) is 0 Å². The fourth-order valence-electron chi connectivity index (χ4n) is 3.47. The van der Waals surface area contributed by atoms with E-state index in [1.165, 1.54) is 12.8 Å². The van der Waals surface area contributed by atoms with E-state index in [2.05, 4.69) is 27.8 Å². The molecule has 0 aromatic carbocycles. The number of urea groups is 1. The second kappa shape index (κ2) is 7.22. The molecule has 2 atom stereocenters. The van der Waals surface area contributed by atoms with Crippen molar-refractivity contribution >= 4 is 11.9 Å². The van der Waals surface area contributed by atoms with Crippen molar-refractivity contribution in [2.45, 2.75) is 70.6 Å². The molecule has 2 unspecified atom stereocenters. The zero-order chi connectivity index (χ0) is 15.4. The first-order valence-corrected chi connectivity index (χ1v) is 8.08. The van der Waals surface area contributed by atoms with Gasteiger partial charge in [-0.1, -0.05) is 6.92 Å². The van der Waals surface area contributed by atoms with Crippen LogP contribution in [0.2, 0.25) is 0 Å². The standard InChI is InChI=1S/C15H28N4O2/c1-4-19(9-14(20)18-15(21)16-10(2)3)13-7-11-5-6-12(8-13)17-11/h10-13,17H,4-9H2,1-3H3,(H2,16,18,20,21). The Bertz CT molecular complexity index is 374. The van der Waals surface area contributed by atoms with E-state index in [0.717, 1.165) is 19.4 Å². The molecule has 3 amide bonds. The van der Waals surface area contributed by atoms with Gasteiger partial charge in [0, 0.05) is 24.2 Å². The summed E-state index contributed by atoms with van der Waals surface area (Å²) in [7, 11) is 0. The van der Waals surface area contributed by atoms with Crippen LogP contribution in [0.3, 0.4) is 0 Å². The number of carbonyl (C=O) groups excluding carboxylic acids is 2. The van der Waals surface area contributed by atoms with Gasteiger partial charge in [-0.15, -0.1) is 0 Å². The van der Waals surface area contributed by atoms with E-state index in [-0.39, 0.29) is 11.9 Å². The van der Waals surface area contributed by atoms with Crippen LogP contribution in [0.25, 0.3) is 0 Å². The molecule has 0 spiro atoms. The van der Waals surface area contributed by atoms with Gasteiger partial charge in [-0.2, -0.15) is 0 Å². The Morgan fingerprint density at radius 2 is 1.86 bits per heavy atom. The molecule has 2 heterocycles. The van der Waals surface area contributed by atoms with Crippen LogP contribution < -0.4 is 16.0 Å². The van der Waals surface area contributed by atoms with Crippen molar-refractivity contribution in [2.75, 3.05) is 13.1 Å². The number of imide groups is 1. The van der Waals surface area contributed by atoms with Crippen molar-refractivity contribution in [3.63, 3.8) is 0 Å². The molecule has 2 rings (SSSR count). The lowest BCUT2D eigenvalue weighted by Crippen LogP contribution is -2.52. The first kappa shape index (κ1) is 16.2. The molecule has 2 saturated heterocycles. The molecule has 2 aliphatic heterocycles. The summed E-state index contributed by atoms with van der Waals surface area (Å²) in [4.78, 5) is 25.7. The minimum Gasteiger partial charge on any atom is -0.336 e. The van der Waals surface area contributed by atoms with Gasteiger partial charge < -0.3 is 10.6 Å². The minimum atomic E-state index is -0.406. The molecule has 0 aromatic heterocycles. The number of carbonyl (C=O) groups is 2. The molecule has 120 valence electrons. The summed E-state index contributed by atoms with van der Waals surface area (Å²) in [6.45, 7) is 6.95. The number of amides is 3. The summed E-state index contributed by atoms with van der Waals surface area (Å²) in [6.07, 6.45) is 4.72. The molecule has 6 nitrogen and oxygen atoms in total. The van der Waals surface area contributed by atoms with Crippen LogP contribution in [-0.2, 0) is 4.79 Å². The van der Waals surface area contributed by atoms with Crippen molar-refractivity contribution < 1.29 is 9.59 Å². The van der Waals surface area contributed by atoms with Gasteiger partial charge in [-0.05, 0) is 46.1 Å². The number of hydrogen-bond acceptors (Lipinski definition) is 4. The van der Waals surface area contributed by atoms with E-state index in [4.69, 9.17) is 0 Å². The Balaban J connectivity index is 1.81. The molecule has 21 heavy (non-hydrogen) atoms. The van der Waals surface area contributed by atoms with Crippen LogP contribution in [0.1, 0.15) is 46.5 Å². The molecule has 3 N–H and O–H groups in total. The van der Waals surface area contributed by atoms with E-state index in [1.807, 2.05) is 13.8 Å². The first-order valence-electron chi connectivity index (χ1n) is 8.08. The predicted octanol–water partition coefficient (Wildman–Crippen LogP) is 0.826. The maximum absolute atomic E-state index is 12.0. The Hall–Kier alpha value is -1.14. The number of likely N-dealkylation sites (N-methyl/N-ethyl adjacent to an activating group) is 1. The second-order valence-corrected chi connectivity index (χ2v) is 6.50. The molecule has 0 radical (unpaired) electrons. The summed E-state index contributed by atoms with van der Waals surface area (Å²) in [5, 5.41) is 8.69. The van der Waals surface area contributed by atoms with Crippen molar-refractivity contribution in [1.29, 1.82) is 0 Å². The largest absolute Gasteiger partial charge is 0.336 e. The van der Waals surface area contributed by atoms with Crippen molar-refractivity contribution in [3.05, 3.63) is 0 Å². The molecule has 2 fully saturated rings. The molecule has 2 aliphatic rings. The molecular formula is C15H28N4O2. The molecule has 6 heteroatoms. The third-order valence-electron chi connectivity index (χ3n) is 4.39. The number of fused-ring (bicyclic) bond motifs is 2. The lowest BCUT2D eigenvalue weighted by Gasteiger charge is -2.36. The van der Waals surface area contributed by atoms with Crippen LogP contribution in [-0.4, -0.2) is 54.1 Å². The van der Waals surface area contributed by atoms with E-state index < -0.39 is 6.03 Å². The Morgan fingerprint density at radius 3 is 2.38 bits per heavy atom. The van der Waals surface area contributed by atoms with Gasteiger partial charge in [-0.25, -0.2) is 4.79 Å². The third kappa shape index (κ3) is 4.68. The van der Waals surface area contributed by atoms with Gasteiger partial charge in [0.05, 0.1) is 6.54 Å². The van der Waals surface area contributed by atoms with Crippen LogP contribution in [0.15, 0.2) is 0 Å². The maximum atomic E-state index is 12.0. The number of hydrogen-bond donors (Lipinski definition) is 3. The Morgan fingerprint density at radius 1 is 1.24 bits per heavy atom. The zero-order valence-corrected chi connectivity index (χ0v) is 13.3. The molecule has 0 aliphatic carbocycles. The lowest BCUT2D eigenvalue weighted by molar-refractivity contribution is -0.121. The van der Waals surface area contributed by atoms with Gasteiger partial charge >= 0.3 is 6.03 Å². The zero-order valence-electron chi connectivity index (χ0n) is 13.3. The van der Waals surface area contributed by atoms with E-state index in [9.17, 15) is 9.59 Å². The Kier molecular flexibility index (Phi) is 5.58. The highest BCUT2D eigenvalue weighted by molar-refractivity contribution is 5.95. The predicted molar refractivity (Wildman–Crippen MR) is 82.0 cm³/mol. The lowest BCUT2D eigenvalue weighted by atomic mass is 9.98. The topological polar surface area (TPSA) is 73.5 Å². The van der Waals surface area contributed by atoms with Gasteiger partial charge in [-0.3, -0.25) is 15.0 Å². The molecular weight excluding hydrogens is 268 g/mol. The van der Waals surface area contributed by atoms with E-state index in [1.54, 1.807) is 0 Å². The summed E-state index contributed by atoms with van der Waals surface area (Å²) < 4.78 is 0. The number of piperidine rings is 1.